The highest BCUT2D eigenvalue weighted by molar-refractivity contribution is 6.67. The van der Waals surface area contributed by atoms with E-state index >= 15 is 0 Å². The predicted octanol–water partition coefficient (Wildman–Crippen LogP) is 6.47. The number of hydrogen-bond acceptors (Lipinski definition) is 2. The molecule has 128 valence electrons. The van der Waals surface area contributed by atoms with Crippen LogP contribution in [-0.2, 0) is 0 Å². The van der Waals surface area contributed by atoms with Gasteiger partial charge in [-0.15, -0.1) is 0 Å². The zero-order valence-electron chi connectivity index (χ0n) is 14.4. The summed E-state index contributed by atoms with van der Waals surface area (Å²) in [4.78, 5) is 11.1. The van der Waals surface area contributed by atoms with Crippen molar-refractivity contribution in [1.82, 2.24) is 0 Å². The summed E-state index contributed by atoms with van der Waals surface area (Å²) >= 11 is 5.47. The van der Waals surface area contributed by atoms with Gasteiger partial charge in [-0.05, 0) is 66.8 Å². The van der Waals surface area contributed by atoms with Crippen LogP contribution in [0.4, 0.5) is 0 Å². The first kappa shape index (κ1) is 18.5. The molecule has 0 fully saturated rings. The maximum absolute atomic E-state index is 11.1. The third-order valence-corrected chi connectivity index (χ3v) is 4.32. The topological polar surface area (TPSA) is 26.3 Å². The van der Waals surface area contributed by atoms with Crippen LogP contribution in [0.25, 0.3) is 11.1 Å². The Bertz CT molecular complexity index is 632. The van der Waals surface area contributed by atoms with Gasteiger partial charge < -0.3 is 4.74 Å². The van der Waals surface area contributed by atoms with E-state index < -0.39 is 5.24 Å². The lowest BCUT2D eigenvalue weighted by Gasteiger charge is -2.15. The molecular formula is C21H25ClO2. The number of rotatable bonds is 9. The first-order valence-electron chi connectivity index (χ1n) is 8.67. The fourth-order valence-corrected chi connectivity index (χ4v) is 2.80. The molecule has 2 aromatic rings. The first-order valence-corrected chi connectivity index (χ1v) is 9.05. The normalized spacial score (nSPS) is 12.0. The zero-order valence-corrected chi connectivity index (χ0v) is 15.2. The van der Waals surface area contributed by atoms with Gasteiger partial charge in [0.25, 0.3) is 5.24 Å². The fraction of sp³-hybridized carbons (Fsp3) is 0.381. The lowest BCUT2D eigenvalue weighted by atomic mass is 10.0. The van der Waals surface area contributed by atoms with E-state index in [0.29, 0.717) is 5.56 Å². The van der Waals surface area contributed by atoms with Crippen LogP contribution < -0.4 is 4.74 Å². The molecule has 0 spiro atoms. The van der Waals surface area contributed by atoms with E-state index in [9.17, 15) is 4.79 Å². The van der Waals surface area contributed by atoms with E-state index in [1.165, 1.54) is 25.7 Å². The first-order chi connectivity index (χ1) is 11.6. The monoisotopic (exact) mass is 344 g/mol. The van der Waals surface area contributed by atoms with Gasteiger partial charge in [-0.1, -0.05) is 50.5 Å². The number of carbonyl (C=O) groups is 1. The Hall–Kier alpha value is -1.80. The Kier molecular flexibility index (Phi) is 7.33. The third kappa shape index (κ3) is 5.68. The molecule has 0 bridgehead atoms. The van der Waals surface area contributed by atoms with Gasteiger partial charge in [-0.25, -0.2) is 0 Å². The van der Waals surface area contributed by atoms with Gasteiger partial charge >= 0.3 is 0 Å². The minimum atomic E-state index is -0.432. The van der Waals surface area contributed by atoms with E-state index in [1.807, 2.05) is 36.4 Å². The Labute approximate surface area is 149 Å². The van der Waals surface area contributed by atoms with Crippen LogP contribution in [0.3, 0.4) is 0 Å². The molecule has 1 atom stereocenters. The molecule has 0 amide bonds. The lowest BCUT2D eigenvalue weighted by Crippen LogP contribution is -2.11. The summed E-state index contributed by atoms with van der Waals surface area (Å²) in [5.74, 6) is 0.897. The van der Waals surface area contributed by atoms with Crippen molar-refractivity contribution in [2.45, 2.75) is 52.1 Å². The van der Waals surface area contributed by atoms with Crippen molar-refractivity contribution in [2.75, 3.05) is 0 Å². The lowest BCUT2D eigenvalue weighted by molar-refractivity contribution is 0.108. The van der Waals surface area contributed by atoms with Gasteiger partial charge in [0.05, 0.1) is 6.10 Å². The number of ether oxygens (including phenoxy) is 1. The molecule has 2 nitrogen and oxygen atoms in total. The second-order valence-electron chi connectivity index (χ2n) is 6.15. The van der Waals surface area contributed by atoms with Crippen molar-refractivity contribution < 1.29 is 9.53 Å². The van der Waals surface area contributed by atoms with E-state index in [0.717, 1.165) is 23.3 Å². The average molecular weight is 345 g/mol. The summed E-state index contributed by atoms with van der Waals surface area (Å²) in [7, 11) is 0. The molecule has 0 aromatic heterocycles. The molecule has 0 saturated carbocycles. The third-order valence-electron chi connectivity index (χ3n) is 4.10. The van der Waals surface area contributed by atoms with Crippen LogP contribution in [-0.4, -0.2) is 11.3 Å². The van der Waals surface area contributed by atoms with E-state index in [4.69, 9.17) is 16.3 Å². The van der Waals surface area contributed by atoms with Gasteiger partial charge in [-0.3, -0.25) is 4.79 Å². The van der Waals surface area contributed by atoms with Crippen LogP contribution >= 0.6 is 11.6 Å². The number of unbranched alkanes of at least 4 members (excludes halogenated alkanes) is 3. The standard InChI is InChI=1S/C21H25ClO2/c1-3-4-5-6-7-16(2)24-20-14-12-18(13-15-20)17-8-10-19(11-9-17)21(22)23/h8-16H,3-7H2,1-2H3. The second-order valence-corrected chi connectivity index (χ2v) is 6.50. The number of benzene rings is 2. The Morgan fingerprint density at radius 1 is 0.958 bits per heavy atom. The van der Waals surface area contributed by atoms with Crippen LogP contribution in [0.1, 0.15) is 56.3 Å². The molecule has 2 rings (SSSR count). The van der Waals surface area contributed by atoms with Crippen molar-refractivity contribution in [2.24, 2.45) is 0 Å². The zero-order chi connectivity index (χ0) is 17.4. The van der Waals surface area contributed by atoms with E-state index in [2.05, 4.69) is 13.8 Å². The van der Waals surface area contributed by atoms with Crippen molar-refractivity contribution in [3.8, 4) is 16.9 Å². The smallest absolute Gasteiger partial charge is 0.252 e. The molecule has 0 aliphatic rings. The quantitative estimate of drug-likeness (QED) is 0.385. The molecular weight excluding hydrogens is 320 g/mol. The molecule has 24 heavy (non-hydrogen) atoms. The largest absolute Gasteiger partial charge is 0.491 e. The minimum Gasteiger partial charge on any atom is -0.491 e. The Morgan fingerprint density at radius 3 is 2.08 bits per heavy atom. The molecule has 0 radical (unpaired) electrons. The minimum absolute atomic E-state index is 0.238. The van der Waals surface area contributed by atoms with Crippen LogP contribution in [0.5, 0.6) is 5.75 Å². The van der Waals surface area contributed by atoms with Crippen molar-refractivity contribution in [3.05, 3.63) is 54.1 Å². The molecule has 0 aliphatic carbocycles. The van der Waals surface area contributed by atoms with Gasteiger partial charge in [0.2, 0.25) is 0 Å². The number of hydrogen-bond donors (Lipinski definition) is 0. The van der Waals surface area contributed by atoms with Crippen LogP contribution in [0.2, 0.25) is 0 Å². The maximum atomic E-state index is 11.1. The Balaban J connectivity index is 1.91. The molecule has 2 aromatic carbocycles. The Morgan fingerprint density at radius 2 is 1.54 bits per heavy atom. The average Bonchev–Trinajstić information content (AvgIpc) is 2.59. The van der Waals surface area contributed by atoms with Crippen LogP contribution in [0, 0.1) is 0 Å². The highest BCUT2D eigenvalue weighted by atomic mass is 35.5. The highest BCUT2D eigenvalue weighted by Crippen LogP contribution is 2.24. The summed E-state index contributed by atoms with van der Waals surface area (Å²) in [5.41, 5.74) is 2.65. The SMILES string of the molecule is CCCCCCC(C)Oc1ccc(-c2ccc(C(=O)Cl)cc2)cc1. The van der Waals surface area contributed by atoms with Gasteiger partial charge in [0.1, 0.15) is 5.75 Å². The molecule has 0 aliphatic heterocycles. The summed E-state index contributed by atoms with van der Waals surface area (Å²) in [6.07, 6.45) is 6.40. The molecule has 0 saturated heterocycles. The van der Waals surface area contributed by atoms with E-state index in [1.54, 1.807) is 12.1 Å². The van der Waals surface area contributed by atoms with E-state index in [-0.39, 0.29) is 6.10 Å². The molecule has 1 unspecified atom stereocenters. The van der Waals surface area contributed by atoms with Crippen molar-refractivity contribution >= 4 is 16.8 Å². The van der Waals surface area contributed by atoms with Crippen molar-refractivity contribution in [3.63, 3.8) is 0 Å². The summed E-state index contributed by atoms with van der Waals surface area (Å²) in [6, 6.07) is 15.4. The fourth-order valence-electron chi connectivity index (χ4n) is 2.67. The highest BCUT2D eigenvalue weighted by Gasteiger charge is 2.06. The van der Waals surface area contributed by atoms with Gasteiger partial charge in [0, 0.05) is 5.56 Å². The van der Waals surface area contributed by atoms with Crippen LogP contribution in [0.15, 0.2) is 48.5 Å². The maximum Gasteiger partial charge on any atom is 0.252 e. The van der Waals surface area contributed by atoms with Gasteiger partial charge in [0.15, 0.2) is 0 Å². The molecule has 0 N–H and O–H groups in total. The summed E-state index contributed by atoms with van der Waals surface area (Å²) in [5, 5.41) is -0.432. The number of carbonyl (C=O) groups excluding carboxylic acids is 1. The van der Waals surface area contributed by atoms with Gasteiger partial charge in [-0.2, -0.15) is 0 Å². The molecule has 3 heteroatoms. The second kappa shape index (κ2) is 9.48. The van der Waals surface area contributed by atoms with Crippen molar-refractivity contribution in [1.29, 1.82) is 0 Å². The number of halogens is 1. The summed E-state index contributed by atoms with van der Waals surface area (Å²) in [6.45, 7) is 4.35. The predicted molar refractivity (Wildman–Crippen MR) is 101 cm³/mol. The summed E-state index contributed by atoms with van der Waals surface area (Å²) < 4.78 is 5.97. The molecule has 0 heterocycles.